The summed E-state index contributed by atoms with van der Waals surface area (Å²) in [6, 6.07) is 8.21. The van der Waals surface area contributed by atoms with Crippen LogP contribution in [0.5, 0.6) is 0 Å². The average Bonchev–Trinajstić information content (AvgIpc) is 2.66. The molecule has 27 heavy (non-hydrogen) atoms. The van der Waals surface area contributed by atoms with Gasteiger partial charge in [-0.15, -0.1) is 0 Å². The van der Waals surface area contributed by atoms with Crippen LogP contribution in [0.2, 0.25) is 0 Å². The molecule has 2 fully saturated rings. The predicted molar refractivity (Wildman–Crippen MR) is 102 cm³/mol. The maximum atomic E-state index is 12.6. The largest absolute Gasteiger partial charge is 0.481 e. The molecule has 0 saturated carbocycles. The van der Waals surface area contributed by atoms with E-state index < -0.39 is 11.9 Å². The Morgan fingerprint density at radius 1 is 1.26 bits per heavy atom. The molecule has 0 bridgehead atoms. The Morgan fingerprint density at radius 3 is 2.70 bits per heavy atom. The molecule has 0 aliphatic carbocycles. The molecule has 6 nitrogen and oxygen atoms in total. The third-order valence-electron chi connectivity index (χ3n) is 5.66. The fourth-order valence-corrected chi connectivity index (χ4v) is 4.20. The second-order valence-electron chi connectivity index (χ2n) is 8.07. The van der Waals surface area contributed by atoms with E-state index in [4.69, 9.17) is 4.74 Å². The van der Waals surface area contributed by atoms with Gasteiger partial charge in [-0.05, 0) is 37.7 Å². The Labute approximate surface area is 160 Å². The van der Waals surface area contributed by atoms with Gasteiger partial charge in [-0.25, -0.2) is 4.79 Å². The number of carboxylic acids is 1. The molecule has 2 amide bonds. The highest BCUT2D eigenvalue weighted by Gasteiger charge is 2.33. The molecule has 2 aliphatic rings. The van der Waals surface area contributed by atoms with Gasteiger partial charge >= 0.3 is 12.0 Å². The first kappa shape index (κ1) is 19.7. The average molecular weight is 374 g/mol. The molecule has 0 spiro atoms. The summed E-state index contributed by atoms with van der Waals surface area (Å²) in [5.41, 5.74) is 2.36. The van der Waals surface area contributed by atoms with Crippen molar-refractivity contribution in [1.82, 2.24) is 10.2 Å². The van der Waals surface area contributed by atoms with E-state index in [1.54, 1.807) is 4.90 Å². The Kier molecular flexibility index (Phi) is 6.37. The number of benzene rings is 1. The van der Waals surface area contributed by atoms with Crippen molar-refractivity contribution in [2.24, 2.45) is 17.8 Å². The zero-order valence-electron chi connectivity index (χ0n) is 16.2. The number of rotatable bonds is 4. The maximum absolute atomic E-state index is 12.6. The first-order chi connectivity index (χ1) is 12.9. The number of carbonyl (C=O) groups is 2. The topological polar surface area (TPSA) is 78.9 Å². The van der Waals surface area contributed by atoms with Crippen LogP contribution in [-0.2, 0) is 9.53 Å². The van der Waals surface area contributed by atoms with E-state index in [1.807, 2.05) is 6.92 Å². The fraction of sp³-hybridized carbons (Fsp3) is 0.619. The number of nitrogens with zero attached hydrogens (tertiary/aromatic N) is 1. The van der Waals surface area contributed by atoms with E-state index >= 15 is 0 Å². The molecule has 0 aromatic heterocycles. The summed E-state index contributed by atoms with van der Waals surface area (Å²) in [5.74, 6) is -0.871. The van der Waals surface area contributed by atoms with E-state index in [-0.39, 0.29) is 30.5 Å². The minimum atomic E-state index is -0.820. The Morgan fingerprint density at radius 2 is 2.00 bits per heavy atom. The summed E-state index contributed by atoms with van der Waals surface area (Å²) in [7, 11) is 0. The summed E-state index contributed by atoms with van der Waals surface area (Å²) in [4.78, 5) is 25.6. The number of hydrogen-bond acceptors (Lipinski definition) is 3. The Bertz CT molecular complexity index is 661. The molecule has 4 atom stereocenters. The molecule has 4 unspecified atom stereocenters. The number of likely N-dealkylation sites (tertiary alicyclic amines) is 1. The van der Waals surface area contributed by atoms with Gasteiger partial charge in [0.1, 0.15) is 0 Å². The highest BCUT2D eigenvalue weighted by atomic mass is 16.5. The van der Waals surface area contributed by atoms with Crippen molar-refractivity contribution < 1.29 is 19.4 Å². The monoisotopic (exact) mass is 374 g/mol. The normalized spacial score (nSPS) is 28.6. The Hall–Kier alpha value is -2.08. The van der Waals surface area contributed by atoms with Gasteiger partial charge in [-0.2, -0.15) is 0 Å². The maximum Gasteiger partial charge on any atom is 0.317 e. The van der Waals surface area contributed by atoms with Crippen LogP contribution in [0.25, 0.3) is 0 Å². The number of piperidine rings is 1. The van der Waals surface area contributed by atoms with Crippen LogP contribution >= 0.6 is 0 Å². The van der Waals surface area contributed by atoms with Crippen molar-refractivity contribution in [2.45, 2.75) is 39.2 Å². The number of hydrogen-bond donors (Lipinski definition) is 2. The summed E-state index contributed by atoms with van der Waals surface area (Å²) in [6.45, 7) is 6.24. The molecule has 2 aliphatic heterocycles. The molecule has 2 saturated heterocycles. The number of aryl methyl sites for hydroxylation is 1. The van der Waals surface area contributed by atoms with Gasteiger partial charge in [-0.3, -0.25) is 4.79 Å². The third-order valence-corrected chi connectivity index (χ3v) is 5.66. The highest BCUT2D eigenvalue weighted by Crippen LogP contribution is 2.33. The lowest BCUT2D eigenvalue weighted by Gasteiger charge is -2.36. The van der Waals surface area contributed by atoms with Gasteiger partial charge in [0.2, 0.25) is 0 Å². The number of amides is 2. The summed E-state index contributed by atoms with van der Waals surface area (Å²) in [6.07, 6.45) is 2.62. The molecule has 3 rings (SSSR count). The fourth-order valence-electron chi connectivity index (χ4n) is 4.20. The zero-order chi connectivity index (χ0) is 19.4. The molecule has 2 N–H and O–H groups in total. The molecule has 148 valence electrons. The number of carbonyl (C=O) groups excluding carboxylic acids is 1. The molecule has 6 heteroatoms. The number of carboxylic acid groups (broad SMARTS) is 1. The molecule has 1 aromatic rings. The van der Waals surface area contributed by atoms with Crippen molar-refractivity contribution in [3.8, 4) is 0 Å². The summed E-state index contributed by atoms with van der Waals surface area (Å²) < 4.78 is 6.02. The van der Waals surface area contributed by atoms with E-state index in [0.717, 1.165) is 25.0 Å². The van der Waals surface area contributed by atoms with E-state index in [0.29, 0.717) is 19.5 Å². The minimum Gasteiger partial charge on any atom is -0.481 e. The lowest BCUT2D eigenvalue weighted by molar-refractivity contribution is -0.143. The number of urea groups is 1. The van der Waals surface area contributed by atoms with Gasteiger partial charge in [0.05, 0.1) is 12.0 Å². The van der Waals surface area contributed by atoms with E-state index in [2.05, 4.69) is 36.5 Å². The van der Waals surface area contributed by atoms with Crippen molar-refractivity contribution >= 4 is 12.0 Å². The first-order valence-corrected chi connectivity index (χ1v) is 9.87. The highest BCUT2D eigenvalue weighted by molar-refractivity contribution is 5.76. The van der Waals surface area contributed by atoms with Crippen LogP contribution in [0.1, 0.15) is 43.4 Å². The number of nitrogens with one attached hydrogen (secondary N) is 1. The van der Waals surface area contributed by atoms with Crippen LogP contribution in [0.15, 0.2) is 24.3 Å². The molecular formula is C21H30N2O4. The second-order valence-corrected chi connectivity index (χ2v) is 8.07. The lowest BCUT2D eigenvalue weighted by atomic mass is 9.89. The van der Waals surface area contributed by atoms with Crippen molar-refractivity contribution in [1.29, 1.82) is 0 Å². The smallest absolute Gasteiger partial charge is 0.317 e. The number of aliphatic carboxylic acids is 1. The standard InChI is InChI=1S/C21H30N2O4/c1-14-5-7-16(8-6-14)19-17(4-3-9-27-19)11-22-21(26)23-12-15(2)10-18(13-23)20(24)25/h5-8,15,17-19H,3-4,9-13H2,1-2H3,(H,22,26)(H,24,25). The first-order valence-electron chi connectivity index (χ1n) is 9.87. The second kappa shape index (κ2) is 8.74. The van der Waals surface area contributed by atoms with Crippen molar-refractivity contribution in [3.05, 3.63) is 35.4 Å². The van der Waals surface area contributed by atoms with Gasteiger partial charge in [-0.1, -0.05) is 36.8 Å². The van der Waals surface area contributed by atoms with Crippen LogP contribution in [0, 0.1) is 24.7 Å². The van der Waals surface area contributed by atoms with Gasteiger partial charge in [0, 0.05) is 32.2 Å². The number of ether oxygens (including phenoxy) is 1. The third kappa shape index (κ3) is 5.01. The van der Waals surface area contributed by atoms with Gasteiger partial charge in [0.15, 0.2) is 0 Å². The van der Waals surface area contributed by atoms with Crippen LogP contribution in [0.3, 0.4) is 0 Å². The van der Waals surface area contributed by atoms with E-state index in [9.17, 15) is 14.7 Å². The molecule has 1 aromatic carbocycles. The van der Waals surface area contributed by atoms with Crippen molar-refractivity contribution in [3.63, 3.8) is 0 Å². The van der Waals surface area contributed by atoms with Crippen LogP contribution in [-0.4, -0.2) is 48.2 Å². The Balaban J connectivity index is 1.59. The quantitative estimate of drug-likeness (QED) is 0.848. The van der Waals surface area contributed by atoms with E-state index in [1.165, 1.54) is 5.56 Å². The zero-order valence-corrected chi connectivity index (χ0v) is 16.2. The van der Waals surface area contributed by atoms with Crippen LogP contribution < -0.4 is 5.32 Å². The van der Waals surface area contributed by atoms with Crippen molar-refractivity contribution in [2.75, 3.05) is 26.2 Å². The SMILES string of the molecule is Cc1ccc(C2OCCCC2CNC(=O)N2CC(C)CC(C(=O)O)C2)cc1. The van der Waals surface area contributed by atoms with Crippen LogP contribution in [0.4, 0.5) is 4.79 Å². The summed E-state index contributed by atoms with van der Waals surface area (Å²) in [5, 5.41) is 12.3. The summed E-state index contributed by atoms with van der Waals surface area (Å²) >= 11 is 0. The predicted octanol–water partition coefficient (Wildman–Crippen LogP) is 3.21. The molecule has 0 radical (unpaired) electrons. The minimum absolute atomic E-state index is 0.00769. The van der Waals surface area contributed by atoms with Gasteiger partial charge < -0.3 is 20.1 Å². The lowest BCUT2D eigenvalue weighted by Crippen LogP contribution is -2.50. The molecular weight excluding hydrogens is 344 g/mol. The molecule has 2 heterocycles. The van der Waals surface area contributed by atoms with Gasteiger partial charge in [0.25, 0.3) is 0 Å².